The first-order valence-electron chi connectivity index (χ1n) is 17.1. The molecule has 1 heteroatoms. The minimum absolute atomic E-state index is 1.24. The Labute approximate surface area is 224 Å². The second-order valence-electron chi connectivity index (χ2n) is 11.6. The monoisotopic (exact) mass is 494 g/mol. The van der Waals surface area contributed by atoms with Crippen LogP contribution in [0.25, 0.3) is 0 Å². The molecule has 1 N–H and O–H groups in total. The van der Waals surface area contributed by atoms with Crippen LogP contribution in [0.2, 0.25) is 0 Å². The summed E-state index contributed by atoms with van der Waals surface area (Å²) in [5.41, 5.74) is 0. The van der Waals surface area contributed by atoms with Crippen LogP contribution in [-0.4, -0.2) is 13.1 Å². The lowest BCUT2D eigenvalue weighted by Gasteiger charge is -2.05. The Kier molecular flexibility index (Phi) is 33.9. The summed E-state index contributed by atoms with van der Waals surface area (Å²) in [6.45, 7) is 7.09. The maximum atomic E-state index is 3.64. The van der Waals surface area contributed by atoms with Crippen molar-refractivity contribution in [3.63, 3.8) is 0 Å². The summed E-state index contributed by atoms with van der Waals surface area (Å²) in [5, 5.41) is 3.64. The molecule has 0 aliphatic heterocycles. The van der Waals surface area contributed by atoms with Crippen LogP contribution in [0, 0.1) is 0 Å². The van der Waals surface area contributed by atoms with Gasteiger partial charge in [-0.25, -0.2) is 0 Å². The Bertz CT molecular complexity index is 307. The number of nitrogens with one attached hydrogen (secondary N) is 1. The van der Waals surface area contributed by atoms with Gasteiger partial charge in [0.2, 0.25) is 0 Å². The van der Waals surface area contributed by atoms with Gasteiger partial charge in [0.1, 0.15) is 0 Å². The average Bonchev–Trinajstić information content (AvgIpc) is 2.87. The highest BCUT2D eigenvalue weighted by molar-refractivity contribution is 4.53. The van der Waals surface area contributed by atoms with Crippen molar-refractivity contribution in [1.82, 2.24) is 5.32 Å². The molecule has 35 heavy (non-hydrogen) atoms. The topological polar surface area (TPSA) is 12.0 Å². The van der Waals surface area contributed by atoms with Gasteiger partial charge in [-0.2, -0.15) is 0 Å². The van der Waals surface area contributed by atoms with E-state index in [-0.39, 0.29) is 0 Å². The van der Waals surface area contributed by atoms with E-state index < -0.39 is 0 Å². The van der Waals surface area contributed by atoms with Crippen molar-refractivity contribution in [3.05, 3.63) is 0 Å². The van der Waals surface area contributed by atoms with Gasteiger partial charge in [0.25, 0.3) is 0 Å². The maximum Gasteiger partial charge on any atom is -0.00489 e. The summed E-state index contributed by atoms with van der Waals surface area (Å²) in [7, 11) is 0. The molecule has 0 fully saturated rings. The largest absolute Gasteiger partial charge is 0.317 e. The van der Waals surface area contributed by atoms with Gasteiger partial charge in [-0.05, 0) is 25.9 Å². The second kappa shape index (κ2) is 34.0. The number of hydrogen-bond acceptors (Lipinski definition) is 1. The molecule has 0 heterocycles. The van der Waals surface area contributed by atoms with Crippen molar-refractivity contribution >= 4 is 0 Å². The molecule has 0 amide bonds. The smallest absolute Gasteiger partial charge is 0.00489 e. The highest BCUT2D eigenvalue weighted by Gasteiger charge is 1.96. The van der Waals surface area contributed by atoms with Crippen molar-refractivity contribution in [1.29, 1.82) is 0 Å². The maximum absolute atomic E-state index is 3.64. The predicted octanol–water partition coefficient (Wildman–Crippen LogP) is 12.3. The SMILES string of the molecule is CCCCCCCCCCCCCCCCCCCCCCCCCCNCCCCCCCC. The van der Waals surface area contributed by atoms with Crippen molar-refractivity contribution in [3.8, 4) is 0 Å². The Balaban J connectivity index is 3.00. The van der Waals surface area contributed by atoms with Crippen LogP contribution in [0.3, 0.4) is 0 Å². The van der Waals surface area contributed by atoms with Gasteiger partial charge < -0.3 is 5.32 Å². The standard InChI is InChI=1S/C34H71N/c1-3-5-7-9-11-12-13-14-15-16-17-18-19-20-21-22-23-24-25-26-27-28-30-32-34-35-33-31-29-10-8-6-4-2/h35H,3-34H2,1-2H3. The third-order valence-corrected chi connectivity index (χ3v) is 7.91. The van der Waals surface area contributed by atoms with Crippen LogP contribution in [0.15, 0.2) is 0 Å². The van der Waals surface area contributed by atoms with Crippen molar-refractivity contribution in [2.24, 2.45) is 0 Å². The van der Waals surface area contributed by atoms with E-state index in [0.717, 1.165) is 0 Å². The zero-order chi connectivity index (χ0) is 25.3. The Morgan fingerprint density at radius 1 is 0.229 bits per heavy atom. The summed E-state index contributed by atoms with van der Waals surface area (Å²) in [6.07, 6.45) is 43.8. The minimum Gasteiger partial charge on any atom is -0.317 e. The Morgan fingerprint density at radius 2 is 0.400 bits per heavy atom. The molecule has 0 atom stereocenters. The lowest BCUT2D eigenvalue weighted by molar-refractivity contribution is 0.514. The molecule has 0 aromatic rings. The second-order valence-corrected chi connectivity index (χ2v) is 11.6. The Hall–Kier alpha value is -0.0400. The van der Waals surface area contributed by atoms with E-state index in [1.165, 1.54) is 206 Å². The van der Waals surface area contributed by atoms with Crippen LogP contribution in [0.1, 0.15) is 206 Å². The zero-order valence-electron chi connectivity index (χ0n) is 25.1. The highest BCUT2D eigenvalue weighted by atomic mass is 14.8. The molecule has 0 aliphatic carbocycles. The van der Waals surface area contributed by atoms with Crippen molar-refractivity contribution < 1.29 is 0 Å². The van der Waals surface area contributed by atoms with Crippen LogP contribution < -0.4 is 5.32 Å². The van der Waals surface area contributed by atoms with Gasteiger partial charge in [0.05, 0.1) is 0 Å². The van der Waals surface area contributed by atoms with Crippen LogP contribution in [-0.2, 0) is 0 Å². The third kappa shape index (κ3) is 34.0. The fraction of sp³-hybridized carbons (Fsp3) is 1.00. The molecule has 0 aliphatic rings. The molecule has 0 saturated heterocycles. The van der Waals surface area contributed by atoms with Gasteiger partial charge in [-0.15, -0.1) is 0 Å². The van der Waals surface area contributed by atoms with E-state index in [0.29, 0.717) is 0 Å². The lowest BCUT2D eigenvalue weighted by Crippen LogP contribution is -2.16. The molecular weight excluding hydrogens is 422 g/mol. The Morgan fingerprint density at radius 3 is 0.600 bits per heavy atom. The molecule has 0 unspecified atom stereocenters. The summed E-state index contributed by atoms with van der Waals surface area (Å²) >= 11 is 0. The third-order valence-electron chi connectivity index (χ3n) is 7.91. The predicted molar refractivity (Wildman–Crippen MR) is 163 cm³/mol. The molecule has 0 rings (SSSR count). The van der Waals surface area contributed by atoms with Gasteiger partial charge in [-0.3, -0.25) is 0 Å². The molecule has 0 saturated carbocycles. The zero-order valence-corrected chi connectivity index (χ0v) is 25.1. The van der Waals surface area contributed by atoms with E-state index in [9.17, 15) is 0 Å². The number of hydrogen-bond donors (Lipinski definition) is 1. The summed E-state index contributed by atoms with van der Waals surface area (Å²) in [5.74, 6) is 0. The minimum atomic E-state index is 1.24. The van der Waals surface area contributed by atoms with Gasteiger partial charge in [0, 0.05) is 0 Å². The van der Waals surface area contributed by atoms with Gasteiger partial charge in [0.15, 0.2) is 0 Å². The first-order valence-corrected chi connectivity index (χ1v) is 17.1. The van der Waals surface area contributed by atoms with Gasteiger partial charge >= 0.3 is 0 Å². The normalized spacial score (nSPS) is 11.5. The molecule has 0 aromatic carbocycles. The van der Waals surface area contributed by atoms with Crippen LogP contribution in [0.4, 0.5) is 0 Å². The summed E-state index contributed by atoms with van der Waals surface area (Å²) in [4.78, 5) is 0. The number of unbranched alkanes of at least 4 members (excludes halogenated alkanes) is 28. The first-order chi connectivity index (χ1) is 17.4. The van der Waals surface area contributed by atoms with Gasteiger partial charge in [-0.1, -0.05) is 194 Å². The summed E-state index contributed by atoms with van der Waals surface area (Å²) in [6, 6.07) is 0. The molecular formula is C34H71N. The summed E-state index contributed by atoms with van der Waals surface area (Å²) < 4.78 is 0. The fourth-order valence-electron chi connectivity index (χ4n) is 5.37. The lowest BCUT2D eigenvalue weighted by atomic mass is 10.0. The molecule has 0 spiro atoms. The molecule has 1 nitrogen and oxygen atoms in total. The molecule has 0 radical (unpaired) electrons. The number of rotatable bonds is 32. The van der Waals surface area contributed by atoms with E-state index in [1.54, 1.807) is 0 Å². The van der Waals surface area contributed by atoms with E-state index in [1.807, 2.05) is 0 Å². The van der Waals surface area contributed by atoms with E-state index in [4.69, 9.17) is 0 Å². The average molecular weight is 494 g/mol. The van der Waals surface area contributed by atoms with E-state index in [2.05, 4.69) is 19.2 Å². The van der Waals surface area contributed by atoms with E-state index >= 15 is 0 Å². The van der Waals surface area contributed by atoms with Crippen molar-refractivity contribution in [2.75, 3.05) is 13.1 Å². The fourth-order valence-corrected chi connectivity index (χ4v) is 5.37. The molecule has 0 aromatic heterocycles. The van der Waals surface area contributed by atoms with Crippen LogP contribution in [0.5, 0.6) is 0 Å². The molecule has 212 valence electrons. The first kappa shape index (κ1) is 35.0. The quantitative estimate of drug-likeness (QED) is 0.0918. The highest BCUT2D eigenvalue weighted by Crippen LogP contribution is 2.15. The van der Waals surface area contributed by atoms with Crippen molar-refractivity contribution in [2.45, 2.75) is 206 Å². The van der Waals surface area contributed by atoms with Crippen LogP contribution >= 0.6 is 0 Å². The molecule has 0 bridgehead atoms.